The molecule has 0 saturated heterocycles. The molecule has 0 heterocycles. The maximum atomic E-state index is 11.4. The summed E-state index contributed by atoms with van der Waals surface area (Å²) in [4.78, 5) is 0. The summed E-state index contributed by atoms with van der Waals surface area (Å²) in [6, 6.07) is 17.1. The third-order valence-corrected chi connectivity index (χ3v) is 14.5. The number of aliphatic hydroxyl groups excluding tert-OH is 2. The average molecular weight is 1170 g/mol. The van der Waals surface area contributed by atoms with Crippen molar-refractivity contribution in [3.05, 3.63) is 115 Å². The first-order chi connectivity index (χ1) is 36.1. The molecule has 0 aromatic heterocycles. The molecule has 82 heavy (non-hydrogen) atoms. The molecule has 12 heteroatoms. The van der Waals surface area contributed by atoms with Crippen molar-refractivity contribution in [1.29, 1.82) is 0 Å². The number of hydrogen-bond donors (Lipinski definition) is 6. The van der Waals surface area contributed by atoms with Crippen LogP contribution in [0, 0.1) is 0 Å². The molecule has 0 saturated carbocycles. The number of aromatic hydroxyl groups is 4. The molecule has 4 rings (SSSR count). The van der Waals surface area contributed by atoms with E-state index < -0.39 is 0 Å². The maximum Gasteiger partial charge on any atom is 0.123 e. The highest BCUT2D eigenvalue weighted by Gasteiger charge is 2.33. The van der Waals surface area contributed by atoms with Gasteiger partial charge in [0.25, 0.3) is 0 Å². The molecule has 0 unspecified atom stereocenters. The van der Waals surface area contributed by atoms with Crippen molar-refractivity contribution in [1.82, 2.24) is 0 Å². The number of methoxy groups -OCH3 is 2. The molecule has 0 fully saturated rings. The van der Waals surface area contributed by atoms with Gasteiger partial charge < -0.3 is 49.6 Å². The van der Waals surface area contributed by atoms with E-state index in [1.54, 1.807) is 14.2 Å². The van der Waals surface area contributed by atoms with Crippen LogP contribution < -0.4 is 0 Å². The minimum Gasteiger partial charge on any atom is -0.507 e. The van der Waals surface area contributed by atoms with Gasteiger partial charge in [0.2, 0.25) is 0 Å². The molecule has 4 aromatic carbocycles. The smallest absolute Gasteiger partial charge is 0.123 e. The van der Waals surface area contributed by atoms with Crippen molar-refractivity contribution in [3.63, 3.8) is 0 Å². The Morgan fingerprint density at radius 2 is 0.488 bits per heavy atom. The number of phenols is 4. The maximum absolute atomic E-state index is 11.4. The van der Waals surface area contributed by atoms with Gasteiger partial charge in [-0.1, -0.05) is 229 Å². The van der Waals surface area contributed by atoms with E-state index in [2.05, 4.69) is 238 Å². The van der Waals surface area contributed by atoms with Crippen molar-refractivity contribution >= 4 is 34.7 Å². The Balaban J connectivity index is 0. The summed E-state index contributed by atoms with van der Waals surface area (Å²) in [5.74, 6) is 1.07. The molecule has 0 atom stereocenters. The molecule has 0 amide bonds. The summed E-state index contributed by atoms with van der Waals surface area (Å²) < 4.78 is 19.1. The number of benzene rings is 4. The van der Waals surface area contributed by atoms with Crippen molar-refractivity contribution in [2.24, 2.45) is 0 Å². The molecule has 6 N–H and O–H groups in total. The predicted octanol–water partition coefficient (Wildman–Crippen LogP) is 15.4. The van der Waals surface area contributed by atoms with E-state index in [0.29, 0.717) is 62.6 Å². The minimum atomic E-state index is -0.189. The van der Waals surface area contributed by atoms with E-state index in [-0.39, 0.29) is 103 Å². The first-order valence-electron chi connectivity index (χ1n) is 29.0. The van der Waals surface area contributed by atoms with Gasteiger partial charge in [-0.05, 0) is 87.8 Å². The number of hydrogen-bond acceptors (Lipinski definition) is 10. The Bertz CT molecular complexity index is 2190. The second-order valence-electron chi connectivity index (χ2n) is 29.9. The zero-order valence-corrected chi connectivity index (χ0v) is 59.2. The van der Waals surface area contributed by atoms with Crippen LogP contribution >= 0.6 is 0 Å². The molecule has 4 aromatic rings. The molecule has 462 valence electrons. The third-order valence-electron chi connectivity index (χ3n) is 14.5. The summed E-state index contributed by atoms with van der Waals surface area (Å²) in [7, 11) is 3.23. The van der Waals surface area contributed by atoms with E-state index in [4.69, 9.17) is 19.7 Å². The van der Waals surface area contributed by atoms with Gasteiger partial charge in [0.1, 0.15) is 23.0 Å². The Morgan fingerprint density at radius 1 is 0.305 bits per heavy atom. The van der Waals surface area contributed by atoms with Crippen LogP contribution in [0.3, 0.4) is 0 Å². The zero-order chi connectivity index (χ0) is 62.5. The lowest BCUT2D eigenvalue weighted by molar-refractivity contribution is 0.0500. The number of rotatable bonds is 14. The molecular weight excluding hydrogens is 1050 g/mol. The van der Waals surface area contributed by atoms with E-state index in [0.717, 1.165) is 44.5 Å². The number of aliphatic hydroxyl groups is 2. The van der Waals surface area contributed by atoms with Gasteiger partial charge in [-0.25, -0.2) is 0 Å². The molecular formula is C70H116Al2O10. The van der Waals surface area contributed by atoms with Gasteiger partial charge in [-0.2, -0.15) is 0 Å². The van der Waals surface area contributed by atoms with Crippen LogP contribution in [0.4, 0.5) is 0 Å². The lowest BCUT2D eigenvalue weighted by Gasteiger charge is -2.31. The second-order valence-corrected chi connectivity index (χ2v) is 29.9. The molecule has 6 radical (unpaired) electrons. The second kappa shape index (κ2) is 32.6. The monoisotopic (exact) mass is 1170 g/mol. The van der Waals surface area contributed by atoms with Crippen molar-refractivity contribution < 1.29 is 49.6 Å². The van der Waals surface area contributed by atoms with Crippen molar-refractivity contribution in [3.8, 4) is 23.0 Å². The lowest BCUT2D eigenvalue weighted by atomic mass is 9.74. The Kier molecular flexibility index (Phi) is 32.2. The van der Waals surface area contributed by atoms with Gasteiger partial charge in [0.05, 0.1) is 52.9 Å². The van der Waals surface area contributed by atoms with E-state index >= 15 is 0 Å². The highest BCUT2D eigenvalue weighted by molar-refractivity contribution is 5.76. The van der Waals surface area contributed by atoms with Gasteiger partial charge in [-0.3, -0.25) is 0 Å². The van der Waals surface area contributed by atoms with E-state index in [9.17, 15) is 20.4 Å². The minimum absolute atomic E-state index is 0. The number of phenolic OH excluding ortho intramolecular Hbond substituents is 4. The SMILES string of the molecule is CC(c1cc(C(C)(C)C)cc(C(C)(C)C)c1O)c1cc(C(C)(C)C)cc(C(C)(C)C)c1O.CC(c1cc(C(C)(C)C)cc(C(C)(C)C)c1O)c1cc(C(C)(C)C)cc(C(C)(C)C)c1O.COCCOCCO.COCCOCCO.[Al].[Al]. The lowest BCUT2D eigenvalue weighted by Crippen LogP contribution is -2.19. The Labute approximate surface area is 521 Å². The highest BCUT2D eigenvalue weighted by atomic mass is 27.0. The average Bonchev–Trinajstić information content (AvgIpc) is 3.29. The van der Waals surface area contributed by atoms with Gasteiger partial charge in [0.15, 0.2) is 0 Å². The van der Waals surface area contributed by atoms with Crippen molar-refractivity contribution in [2.45, 2.75) is 235 Å². The normalized spacial score (nSPS) is 12.6. The molecule has 10 nitrogen and oxygen atoms in total. The van der Waals surface area contributed by atoms with Gasteiger partial charge in [0, 0.05) is 83.0 Å². The van der Waals surface area contributed by atoms with E-state index in [1.165, 1.54) is 22.3 Å². The summed E-state index contributed by atoms with van der Waals surface area (Å²) in [6.45, 7) is 59.6. The fourth-order valence-corrected chi connectivity index (χ4v) is 8.92. The van der Waals surface area contributed by atoms with Gasteiger partial charge in [-0.15, -0.1) is 0 Å². The number of ether oxygens (including phenoxy) is 4. The quantitative estimate of drug-likeness (QED) is 0.0530. The van der Waals surface area contributed by atoms with Gasteiger partial charge >= 0.3 is 0 Å². The zero-order valence-electron chi connectivity index (χ0n) is 56.9. The van der Waals surface area contributed by atoms with Crippen LogP contribution in [0.1, 0.15) is 259 Å². The predicted molar refractivity (Wildman–Crippen MR) is 348 cm³/mol. The first kappa shape index (κ1) is 81.0. The van der Waals surface area contributed by atoms with Crippen LogP contribution in [-0.2, 0) is 62.3 Å². The Morgan fingerprint density at radius 3 is 0.622 bits per heavy atom. The van der Waals surface area contributed by atoms with Crippen LogP contribution in [0.25, 0.3) is 0 Å². The topological polar surface area (TPSA) is 158 Å². The van der Waals surface area contributed by atoms with Crippen LogP contribution in [0.2, 0.25) is 0 Å². The third kappa shape index (κ3) is 24.3. The summed E-state index contributed by atoms with van der Waals surface area (Å²) in [5.41, 5.74) is 11.2. The van der Waals surface area contributed by atoms with Crippen LogP contribution in [0.5, 0.6) is 23.0 Å². The van der Waals surface area contributed by atoms with Crippen LogP contribution in [0.15, 0.2) is 48.5 Å². The molecule has 0 aliphatic heterocycles. The largest absolute Gasteiger partial charge is 0.507 e. The van der Waals surface area contributed by atoms with E-state index in [1.807, 2.05) is 0 Å². The molecule has 0 bridgehead atoms. The van der Waals surface area contributed by atoms with Crippen LogP contribution in [-0.4, -0.2) is 132 Å². The fraction of sp³-hybridized carbons (Fsp3) is 0.657. The first-order valence-corrected chi connectivity index (χ1v) is 29.0. The molecule has 0 aliphatic carbocycles. The molecule has 0 spiro atoms. The summed E-state index contributed by atoms with van der Waals surface area (Å²) >= 11 is 0. The summed E-state index contributed by atoms with van der Waals surface area (Å²) in [5, 5.41) is 62.1. The summed E-state index contributed by atoms with van der Waals surface area (Å²) in [6.07, 6.45) is 0. The Hall–Kier alpha value is -3.10. The fourth-order valence-electron chi connectivity index (χ4n) is 8.92. The van der Waals surface area contributed by atoms with Crippen molar-refractivity contribution in [2.75, 3.05) is 67.1 Å². The highest BCUT2D eigenvalue weighted by Crippen LogP contribution is 2.49. The standard InChI is InChI=1S/2C30H46O2.2C5H12O3.2Al/c2*1-18(21-14-19(27(2,3)4)16-23(25(21)31)29(8,9)10)22-15-20(28(5,6)7)17-24(26(22)32)30(11,12)13;2*1-7-4-5-8-3-2-6;;/h2*14-18,31-32H,1-13H3;2*6H,2-5H2,1H3;;. The molecule has 0 aliphatic rings.